The van der Waals surface area contributed by atoms with Gasteiger partial charge in [-0.2, -0.15) is 0 Å². The van der Waals surface area contributed by atoms with Crippen molar-refractivity contribution in [1.82, 2.24) is 0 Å². The van der Waals surface area contributed by atoms with Crippen LogP contribution in [0.5, 0.6) is 5.75 Å². The van der Waals surface area contributed by atoms with Crippen molar-refractivity contribution in [3.63, 3.8) is 0 Å². The molecule has 0 aliphatic rings. The molecule has 2 aromatic carbocycles. The van der Waals surface area contributed by atoms with Crippen LogP contribution < -0.4 is 5.46 Å². The Morgan fingerprint density at radius 2 is 1.56 bits per heavy atom. The number of nitrogens with zero attached hydrogens (tertiary/aromatic N) is 1. The molecule has 0 heterocycles. The van der Waals surface area contributed by atoms with Gasteiger partial charge in [0.2, 0.25) is 0 Å². The zero-order chi connectivity index (χ0) is 13.1. The molecule has 0 amide bonds. The van der Waals surface area contributed by atoms with Gasteiger partial charge in [0.1, 0.15) is 5.75 Å². The van der Waals surface area contributed by atoms with E-state index < -0.39 is 7.12 Å². The minimum atomic E-state index is -1.69. The van der Waals surface area contributed by atoms with E-state index in [1.807, 2.05) is 0 Å². The summed E-state index contributed by atoms with van der Waals surface area (Å²) in [6.45, 7) is 6.86. The summed E-state index contributed by atoms with van der Waals surface area (Å²) in [5.41, 5.74) is 2.20. The van der Waals surface area contributed by atoms with E-state index in [0.717, 1.165) is 11.1 Å². The minimum Gasteiger partial charge on any atom is -0.508 e. The molecule has 3 N–H and O–H groups in total. The van der Waals surface area contributed by atoms with Gasteiger partial charge < -0.3 is 15.2 Å². The smallest absolute Gasteiger partial charge is 0.492 e. The number of rotatable bonds is 2. The molecule has 0 aliphatic heterocycles. The molecule has 0 atom stereocenters. The molecule has 0 spiro atoms. The average Bonchev–Trinajstić information content (AvgIpc) is 2.38. The zero-order valence-corrected chi connectivity index (χ0v) is 9.41. The highest BCUT2D eigenvalue weighted by molar-refractivity contribution is 6.59. The van der Waals surface area contributed by atoms with Crippen LogP contribution in [0.1, 0.15) is 0 Å². The van der Waals surface area contributed by atoms with Gasteiger partial charge in [0, 0.05) is 5.46 Å². The molecule has 2 aromatic rings. The monoisotopic (exact) mass is 239 g/mol. The SMILES string of the molecule is [C-]#[N+]c1ccc(-c2ccc(B(O)O)c(O)c2)cc1. The summed E-state index contributed by atoms with van der Waals surface area (Å²) in [4.78, 5) is 3.29. The number of phenols is 1. The molecule has 0 unspecified atom stereocenters. The molecule has 0 bridgehead atoms. The van der Waals surface area contributed by atoms with Crippen LogP contribution in [0.15, 0.2) is 42.5 Å². The third-order valence-corrected chi connectivity index (χ3v) is 2.64. The summed E-state index contributed by atoms with van der Waals surface area (Å²) in [5, 5.41) is 27.6. The molecule has 0 aliphatic carbocycles. The van der Waals surface area contributed by atoms with Crippen LogP contribution in [0, 0.1) is 6.57 Å². The van der Waals surface area contributed by atoms with Crippen molar-refractivity contribution in [3.05, 3.63) is 53.9 Å². The highest BCUT2D eigenvalue weighted by Crippen LogP contribution is 2.24. The zero-order valence-electron chi connectivity index (χ0n) is 9.41. The van der Waals surface area contributed by atoms with Gasteiger partial charge in [0.15, 0.2) is 5.69 Å². The molecule has 0 saturated carbocycles. The van der Waals surface area contributed by atoms with Crippen LogP contribution >= 0.6 is 0 Å². The van der Waals surface area contributed by atoms with Crippen LogP contribution in [0.3, 0.4) is 0 Å². The summed E-state index contributed by atoms with van der Waals surface area (Å²) in [5.74, 6) is -0.170. The number of benzene rings is 2. The Morgan fingerprint density at radius 1 is 0.944 bits per heavy atom. The lowest BCUT2D eigenvalue weighted by atomic mass is 9.79. The van der Waals surface area contributed by atoms with Gasteiger partial charge in [-0.3, -0.25) is 0 Å². The second-order valence-electron chi connectivity index (χ2n) is 3.81. The summed E-state index contributed by atoms with van der Waals surface area (Å²) in [6, 6.07) is 11.5. The Balaban J connectivity index is 2.39. The molecular formula is C13H10BNO3. The first-order chi connectivity index (χ1) is 8.61. The van der Waals surface area contributed by atoms with E-state index in [0.29, 0.717) is 5.69 Å². The third kappa shape index (κ3) is 2.35. The van der Waals surface area contributed by atoms with E-state index in [4.69, 9.17) is 16.6 Å². The first-order valence-corrected chi connectivity index (χ1v) is 5.29. The Bertz CT molecular complexity index is 603. The van der Waals surface area contributed by atoms with Crippen LogP contribution in [0.2, 0.25) is 0 Å². The maximum Gasteiger partial charge on any atom is 0.492 e. The summed E-state index contributed by atoms with van der Waals surface area (Å²) < 4.78 is 0. The van der Waals surface area contributed by atoms with Crippen molar-refractivity contribution in [3.8, 4) is 16.9 Å². The van der Waals surface area contributed by atoms with Crippen molar-refractivity contribution in [2.45, 2.75) is 0 Å². The molecule has 0 saturated heterocycles. The van der Waals surface area contributed by atoms with Gasteiger partial charge in [-0.05, 0) is 17.2 Å². The normalized spacial score (nSPS) is 9.83. The molecule has 2 rings (SSSR count). The van der Waals surface area contributed by atoms with Crippen LogP contribution in [0.25, 0.3) is 16.0 Å². The summed E-state index contributed by atoms with van der Waals surface area (Å²) in [6.07, 6.45) is 0. The molecule has 18 heavy (non-hydrogen) atoms. The van der Waals surface area contributed by atoms with Crippen molar-refractivity contribution in [1.29, 1.82) is 0 Å². The van der Waals surface area contributed by atoms with Crippen LogP contribution in [-0.4, -0.2) is 22.3 Å². The second kappa shape index (κ2) is 4.92. The minimum absolute atomic E-state index is 0.0662. The fraction of sp³-hybridized carbons (Fsp3) is 0. The number of phenolic OH excluding ortho intramolecular Hbond substituents is 1. The molecule has 0 radical (unpaired) electrons. The lowest BCUT2D eigenvalue weighted by molar-refractivity contribution is 0.419. The quantitative estimate of drug-likeness (QED) is 0.546. The van der Waals surface area contributed by atoms with Gasteiger partial charge in [-0.25, -0.2) is 4.85 Å². The Kier molecular flexibility index (Phi) is 3.33. The van der Waals surface area contributed by atoms with Crippen molar-refractivity contribution in [2.24, 2.45) is 0 Å². The lowest BCUT2D eigenvalue weighted by Gasteiger charge is -2.07. The predicted molar refractivity (Wildman–Crippen MR) is 69.6 cm³/mol. The number of hydrogen-bond donors (Lipinski definition) is 3. The predicted octanol–water partition coefficient (Wildman–Crippen LogP) is 1.29. The Labute approximate surface area is 105 Å². The van der Waals surface area contributed by atoms with E-state index in [-0.39, 0.29) is 11.2 Å². The molecule has 0 aromatic heterocycles. The van der Waals surface area contributed by atoms with Crippen LogP contribution in [0.4, 0.5) is 5.69 Å². The average molecular weight is 239 g/mol. The first kappa shape index (κ1) is 12.2. The molecule has 4 nitrogen and oxygen atoms in total. The molecule has 5 heteroatoms. The van der Waals surface area contributed by atoms with E-state index >= 15 is 0 Å². The van der Waals surface area contributed by atoms with E-state index in [1.54, 1.807) is 30.3 Å². The fourth-order valence-electron chi connectivity index (χ4n) is 1.67. The van der Waals surface area contributed by atoms with Gasteiger partial charge in [-0.1, -0.05) is 36.4 Å². The van der Waals surface area contributed by atoms with Crippen molar-refractivity contribution < 1.29 is 15.2 Å². The Morgan fingerprint density at radius 3 is 2.06 bits per heavy atom. The largest absolute Gasteiger partial charge is 0.508 e. The third-order valence-electron chi connectivity index (χ3n) is 2.64. The molecule has 88 valence electrons. The lowest BCUT2D eigenvalue weighted by Crippen LogP contribution is -2.29. The highest BCUT2D eigenvalue weighted by atomic mass is 16.4. The maximum absolute atomic E-state index is 9.66. The van der Waals surface area contributed by atoms with Gasteiger partial charge in [-0.15, -0.1) is 0 Å². The standard InChI is InChI=1S/C13H10BNO3/c1-15-11-5-2-9(3-6-11)10-4-7-12(14(17)18)13(16)8-10/h2-8,16-18H. The number of hydrogen-bond acceptors (Lipinski definition) is 3. The van der Waals surface area contributed by atoms with E-state index in [1.165, 1.54) is 12.1 Å². The van der Waals surface area contributed by atoms with Crippen LogP contribution in [-0.2, 0) is 0 Å². The molecular weight excluding hydrogens is 229 g/mol. The van der Waals surface area contributed by atoms with E-state index in [9.17, 15) is 5.11 Å². The van der Waals surface area contributed by atoms with Gasteiger partial charge in [0.05, 0.1) is 6.57 Å². The number of aromatic hydroxyl groups is 1. The summed E-state index contributed by atoms with van der Waals surface area (Å²) >= 11 is 0. The highest BCUT2D eigenvalue weighted by Gasteiger charge is 2.16. The van der Waals surface area contributed by atoms with E-state index in [2.05, 4.69) is 4.85 Å². The van der Waals surface area contributed by atoms with Gasteiger partial charge in [0.25, 0.3) is 0 Å². The van der Waals surface area contributed by atoms with Gasteiger partial charge >= 0.3 is 7.12 Å². The van der Waals surface area contributed by atoms with Crippen molar-refractivity contribution >= 4 is 18.3 Å². The Hall–Kier alpha value is -2.29. The topological polar surface area (TPSA) is 65.0 Å². The second-order valence-corrected chi connectivity index (χ2v) is 3.81. The first-order valence-electron chi connectivity index (χ1n) is 5.29. The molecule has 0 fully saturated rings. The van der Waals surface area contributed by atoms with Crippen molar-refractivity contribution in [2.75, 3.05) is 0 Å². The maximum atomic E-state index is 9.66. The fourth-order valence-corrected chi connectivity index (χ4v) is 1.67. The summed E-state index contributed by atoms with van der Waals surface area (Å²) in [7, 11) is -1.69.